The SMILES string of the molecule is COc1ccc(-c2cc(C(=O)NCC(C)N3CCCC3)[nH]c(=O)n2)cc1. The van der Waals surface area contributed by atoms with Crippen LogP contribution in [0.4, 0.5) is 0 Å². The Hall–Kier alpha value is -2.67. The molecule has 1 aromatic heterocycles. The van der Waals surface area contributed by atoms with Gasteiger partial charge in [-0.05, 0) is 63.2 Å². The van der Waals surface area contributed by atoms with E-state index in [0.717, 1.165) is 18.7 Å². The fourth-order valence-corrected chi connectivity index (χ4v) is 3.14. The smallest absolute Gasteiger partial charge is 0.346 e. The summed E-state index contributed by atoms with van der Waals surface area (Å²) in [6.45, 7) is 4.79. The van der Waals surface area contributed by atoms with Gasteiger partial charge in [-0.15, -0.1) is 0 Å². The Balaban J connectivity index is 1.71. The molecule has 1 atom stereocenters. The van der Waals surface area contributed by atoms with E-state index in [0.29, 0.717) is 18.0 Å². The summed E-state index contributed by atoms with van der Waals surface area (Å²) in [7, 11) is 1.59. The fraction of sp³-hybridized carbons (Fsp3) is 0.421. The molecule has 3 rings (SSSR count). The molecule has 1 aliphatic heterocycles. The van der Waals surface area contributed by atoms with Crippen LogP contribution >= 0.6 is 0 Å². The zero-order chi connectivity index (χ0) is 18.5. The van der Waals surface area contributed by atoms with Crippen molar-refractivity contribution in [3.63, 3.8) is 0 Å². The van der Waals surface area contributed by atoms with Crippen LogP contribution in [0, 0.1) is 0 Å². The summed E-state index contributed by atoms with van der Waals surface area (Å²) in [6.07, 6.45) is 2.42. The molecule has 0 bridgehead atoms. The third kappa shape index (κ3) is 4.29. The van der Waals surface area contributed by atoms with Crippen LogP contribution in [0.15, 0.2) is 35.1 Å². The number of nitrogens with one attached hydrogen (secondary N) is 2. The van der Waals surface area contributed by atoms with Gasteiger partial charge in [-0.3, -0.25) is 9.69 Å². The van der Waals surface area contributed by atoms with E-state index in [1.54, 1.807) is 37.4 Å². The van der Waals surface area contributed by atoms with Crippen molar-refractivity contribution in [2.45, 2.75) is 25.8 Å². The lowest BCUT2D eigenvalue weighted by atomic mass is 10.1. The summed E-state index contributed by atoms with van der Waals surface area (Å²) in [4.78, 5) is 33.2. The summed E-state index contributed by atoms with van der Waals surface area (Å²) < 4.78 is 5.13. The zero-order valence-electron chi connectivity index (χ0n) is 15.1. The number of carbonyl (C=O) groups is 1. The van der Waals surface area contributed by atoms with E-state index in [1.807, 2.05) is 0 Å². The number of hydrogen-bond donors (Lipinski definition) is 2. The summed E-state index contributed by atoms with van der Waals surface area (Å²) >= 11 is 0. The van der Waals surface area contributed by atoms with Gasteiger partial charge in [-0.2, -0.15) is 4.98 Å². The molecule has 0 radical (unpaired) electrons. The molecule has 138 valence electrons. The van der Waals surface area contributed by atoms with Gasteiger partial charge in [0.05, 0.1) is 12.8 Å². The lowest BCUT2D eigenvalue weighted by Gasteiger charge is -2.23. The van der Waals surface area contributed by atoms with Gasteiger partial charge in [0.25, 0.3) is 5.91 Å². The molecule has 2 N–H and O–H groups in total. The maximum Gasteiger partial charge on any atom is 0.346 e. The second-order valence-electron chi connectivity index (χ2n) is 6.52. The molecule has 1 unspecified atom stereocenters. The predicted molar refractivity (Wildman–Crippen MR) is 99.4 cm³/mol. The molecule has 7 nitrogen and oxygen atoms in total. The Morgan fingerprint density at radius 2 is 2.00 bits per heavy atom. The van der Waals surface area contributed by atoms with Gasteiger partial charge in [0, 0.05) is 18.2 Å². The van der Waals surface area contributed by atoms with Crippen LogP contribution in [0.3, 0.4) is 0 Å². The minimum atomic E-state index is -0.545. The lowest BCUT2D eigenvalue weighted by Crippen LogP contribution is -2.41. The first-order valence-corrected chi connectivity index (χ1v) is 8.85. The lowest BCUT2D eigenvalue weighted by molar-refractivity contribution is 0.0935. The van der Waals surface area contributed by atoms with E-state index in [1.165, 1.54) is 12.8 Å². The van der Waals surface area contributed by atoms with Gasteiger partial charge in [0.15, 0.2) is 0 Å². The number of amides is 1. The maximum absolute atomic E-state index is 12.5. The molecule has 1 fully saturated rings. The number of rotatable bonds is 6. The molecule has 1 saturated heterocycles. The highest BCUT2D eigenvalue weighted by molar-refractivity contribution is 5.93. The first kappa shape index (κ1) is 18.1. The molecule has 0 aliphatic carbocycles. The van der Waals surface area contributed by atoms with Crippen molar-refractivity contribution in [2.75, 3.05) is 26.7 Å². The first-order valence-electron chi connectivity index (χ1n) is 8.85. The number of benzene rings is 1. The van der Waals surface area contributed by atoms with Crippen molar-refractivity contribution in [1.29, 1.82) is 0 Å². The molecule has 2 heterocycles. The van der Waals surface area contributed by atoms with Crippen molar-refractivity contribution in [1.82, 2.24) is 20.2 Å². The van der Waals surface area contributed by atoms with Crippen LogP contribution in [0.1, 0.15) is 30.3 Å². The van der Waals surface area contributed by atoms with Gasteiger partial charge in [-0.1, -0.05) is 0 Å². The minimum Gasteiger partial charge on any atom is -0.497 e. The molecule has 26 heavy (non-hydrogen) atoms. The predicted octanol–water partition coefficient (Wildman–Crippen LogP) is 1.66. The minimum absolute atomic E-state index is 0.212. The van der Waals surface area contributed by atoms with Crippen molar-refractivity contribution >= 4 is 5.91 Å². The van der Waals surface area contributed by atoms with Gasteiger partial charge in [0.2, 0.25) is 0 Å². The molecule has 1 amide bonds. The van der Waals surface area contributed by atoms with E-state index in [2.05, 4.69) is 27.1 Å². The monoisotopic (exact) mass is 356 g/mol. The molecule has 1 aromatic carbocycles. The number of aromatic nitrogens is 2. The average Bonchev–Trinajstić information content (AvgIpc) is 3.20. The third-order valence-corrected chi connectivity index (χ3v) is 4.70. The Morgan fingerprint density at radius 1 is 1.31 bits per heavy atom. The molecule has 7 heteroatoms. The highest BCUT2D eigenvalue weighted by Crippen LogP contribution is 2.20. The highest BCUT2D eigenvalue weighted by atomic mass is 16.5. The van der Waals surface area contributed by atoms with Crippen molar-refractivity contribution in [3.05, 3.63) is 46.5 Å². The zero-order valence-corrected chi connectivity index (χ0v) is 15.1. The Bertz CT molecular complexity index is 810. The fourth-order valence-electron chi connectivity index (χ4n) is 3.14. The van der Waals surface area contributed by atoms with Crippen LogP contribution in [0.2, 0.25) is 0 Å². The summed E-state index contributed by atoms with van der Waals surface area (Å²) in [5, 5.41) is 2.90. The summed E-state index contributed by atoms with van der Waals surface area (Å²) in [6, 6.07) is 9.05. The molecule has 0 spiro atoms. The maximum atomic E-state index is 12.5. The van der Waals surface area contributed by atoms with Gasteiger partial charge < -0.3 is 15.0 Å². The van der Waals surface area contributed by atoms with Gasteiger partial charge >= 0.3 is 5.69 Å². The Labute approximate surface area is 152 Å². The molecular formula is C19H24N4O3. The first-order chi connectivity index (χ1) is 12.6. The van der Waals surface area contributed by atoms with Crippen molar-refractivity contribution in [2.24, 2.45) is 0 Å². The largest absolute Gasteiger partial charge is 0.497 e. The van der Waals surface area contributed by atoms with Crippen molar-refractivity contribution in [3.8, 4) is 17.0 Å². The quantitative estimate of drug-likeness (QED) is 0.822. The number of nitrogens with zero attached hydrogens (tertiary/aromatic N) is 2. The highest BCUT2D eigenvalue weighted by Gasteiger charge is 2.19. The summed E-state index contributed by atoms with van der Waals surface area (Å²) in [5.41, 5.74) is 0.867. The molecule has 0 saturated carbocycles. The van der Waals surface area contributed by atoms with E-state index < -0.39 is 5.69 Å². The number of carbonyl (C=O) groups excluding carboxylic acids is 1. The number of likely N-dealkylation sites (tertiary alicyclic amines) is 1. The average molecular weight is 356 g/mol. The van der Waals surface area contributed by atoms with E-state index in [4.69, 9.17) is 4.74 Å². The third-order valence-electron chi connectivity index (χ3n) is 4.70. The molecular weight excluding hydrogens is 332 g/mol. The molecule has 1 aliphatic rings. The van der Waals surface area contributed by atoms with Gasteiger partial charge in [-0.25, -0.2) is 4.79 Å². The van der Waals surface area contributed by atoms with Crippen LogP contribution < -0.4 is 15.7 Å². The number of methoxy groups -OCH3 is 1. The van der Waals surface area contributed by atoms with E-state index in [9.17, 15) is 9.59 Å². The van der Waals surface area contributed by atoms with Crippen LogP contribution in [0.25, 0.3) is 11.3 Å². The second-order valence-corrected chi connectivity index (χ2v) is 6.52. The number of H-pyrrole nitrogens is 1. The normalized spacial score (nSPS) is 15.6. The van der Waals surface area contributed by atoms with Gasteiger partial charge in [0.1, 0.15) is 11.4 Å². The number of ether oxygens (including phenoxy) is 1. The van der Waals surface area contributed by atoms with E-state index >= 15 is 0 Å². The van der Waals surface area contributed by atoms with Crippen LogP contribution in [0.5, 0.6) is 5.75 Å². The summed E-state index contributed by atoms with van der Waals surface area (Å²) in [5.74, 6) is 0.415. The standard InChI is InChI=1S/C19H24N4O3/c1-13(23-9-3-4-10-23)12-20-18(24)17-11-16(21-19(25)22-17)14-5-7-15(26-2)8-6-14/h5-8,11,13H,3-4,9-10,12H2,1-2H3,(H,20,24)(H,21,22,25). The molecule has 2 aromatic rings. The Kier molecular flexibility index (Phi) is 5.68. The number of aromatic amines is 1. The van der Waals surface area contributed by atoms with Crippen LogP contribution in [-0.2, 0) is 0 Å². The Morgan fingerprint density at radius 3 is 2.65 bits per heavy atom. The topological polar surface area (TPSA) is 87.3 Å². The van der Waals surface area contributed by atoms with Crippen LogP contribution in [-0.4, -0.2) is 53.6 Å². The number of hydrogen-bond acceptors (Lipinski definition) is 5. The second kappa shape index (κ2) is 8.14. The van der Waals surface area contributed by atoms with Crippen molar-refractivity contribution < 1.29 is 9.53 Å². The van der Waals surface area contributed by atoms with E-state index in [-0.39, 0.29) is 17.6 Å².